The van der Waals surface area contributed by atoms with Crippen molar-refractivity contribution >= 4 is 44.3 Å². The van der Waals surface area contributed by atoms with Crippen LogP contribution in [0, 0.1) is 6.92 Å². The normalized spacial score (nSPS) is 15.2. The lowest BCUT2D eigenvalue weighted by molar-refractivity contribution is 0.0631. The molecule has 0 atom stereocenters. The van der Waals surface area contributed by atoms with E-state index in [1.165, 1.54) is 4.88 Å². The molecule has 7 nitrogen and oxygen atoms in total. The van der Waals surface area contributed by atoms with Crippen LogP contribution in [-0.2, 0) is 6.54 Å². The summed E-state index contributed by atoms with van der Waals surface area (Å²) in [5.74, 6) is 0.562. The van der Waals surface area contributed by atoms with Crippen molar-refractivity contribution in [3.63, 3.8) is 0 Å². The number of pyridine rings is 1. The molecule has 30 heavy (non-hydrogen) atoms. The van der Waals surface area contributed by atoms with Gasteiger partial charge in [0.2, 0.25) is 0 Å². The fraction of sp³-hybridized carbons (Fsp3) is 0.286. The maximum absolute atomic E-state index is 13.4. The average Bonchev–Trinajstić information content (AvgIpc) is 3.50. The molecule has 0 bridgehead atoms. The second kappa shape index (κ2) is 7.98. The van der Waals surface area contributed by atoms with E-state index in [1.54, 1.807) is 29.7 Å². The van der Waals surface area contributed by atoms with Crippen LogP contribution in [0.5, 0.6) is 0 Å². The minimum absolute atomic E-state index is 0.0278. The number of aryl methyl sites for hydroxylation is 1. The Hall–Kier alpha value is -2.49. The predicted molar refractivity (Wildman–Crippen MR) is 117 cm³/mol. The maximum Gasteiger partial charge on any atom is 0.259 e. The lowest BCUT2D eigenvalue weighted by Gasteiger charge is -2.34. The van der Waals surface area contributed by atoms with Gasteiger partial charge in [0.25, 0.3) is 11.6 Å². The molecule has 0 saturated carbocycles. The summed E-state index contributed by atoms with van der Waals surface area (Å²) in [6, 6.07) is 9.60. The molecule has 5 heterocycles. The third kappa shape index (κ3) is 3.68. The van der Waals surface area contributed by atoms with Gasteiger partial charge in [0.05, 0.1) is 26.7 Å². The summed E-state index contributed by atoms with van der Waals surface area (Å²) in [7, 11) is 0. The molecule has 5 rings (SSSR count). The van der Waals surface area contributed by atoms with Crippen molar-refractivity contribution in [3.8, 4) is 11.5 Å². The number of nitrogens with zero attached hydrogens (tertiary/aromatic N) is 4. The molecule has 4 aromatic rings. The van der Waals surface area contributed by atoms with Crippen molar-refractivity contribution in [2.45, 2.75) is 13.5 Å². The van der Waals surface area contributed by atoms with Crippen LogP contribution >= 0.6 is 27.3 Å². The SMILES string of the molecule is Cc1noc2nc(-c3ccco3)cc(C(=O)N3CCN(Cc4ccc(Br)s4)CC3)c12. The van der Waals surface area contributed by atoms with Gasteiger partial charge in [-0.05, 0) is 53.2 Å². The molecule has 4 aromatic heterocycles. The summed E-state index contributed by atoms with van der Waals surface area (Å²) >= 11 is 5.27. The van der Waals surface area contributed by atoms with Crippen molar-refractivity contribution in [2.75, 3.05) is 26.2 Å². The molecule has 1 aliphatic rings. The van der Waals surface area contributed by atoms with Gasteiger partial charge >= 0.3 is 0 Å². The summed E-state index contributed by atoms with van der Waals surface area (Å²) in [5.41, 5.74) is 2.13. The third-order valence-corrected chi connectivity index (χ3v) is 6.90. The van der Waals surface area contributed by atoms with Crippen LogP contribution in [0.4, 0.5) is 0 Å². The maximum atomic E-state index is 13.4. The number of carbonyl (C=O) groups excluding carboxylic acids is 1. The van der Waals surface area contributed by atoms with Crippen LogP contribution in [0.15, 0.2) is 49.3 Å². The number of piperazine rings is 1. The Bertz CT molecular complexity index is 1190. The topological polar surface area (TPSA) is 75.6 Å². The summed E-state index contributed by atoms with van der Waals surface area (Å²) in [5, 5.41) is 4.69. The highest BCUT2D eigenvalue weighted by molar-refractivity contribution is 9.11. The van der Waals surface area contributed by atoms with Gasteiger partial charge in [-0.1, -0.05) is 5.16 Å². The first-order chi connectivity index (χ1) is 14.6. The van der Waals surface area contributed by atoms with E-state index in [4.69, 9.17) is 8.94 Å². The number of rotatable bonds is 4. The number of carbonyl (C=O) groups is 1. The van der Waals surface area contributed by atoms with Gasteiger partial charge < -0.3 is 13.8 Å². The second-order valence-electron chi connectivity index (χ2n) is 7.25. The highest BCUT2D eigenvalue weighted by Gasteiger charge is 2.27. The van der Waals surface area contributed by atoms with E-state index in [2.05, 4.69) is 43.1 Å². The molecular formula is C21H19BrN4O3S. The Balaban J connectivity index is 1.38. The lowest BCUT2D eigenvalue weighted by Crippen LogP contribution is -2.48. The molecule has 1 aliphatic heterocycles. The van der Waals surface area contributed by atoms with E-state index in [9.17, 15) is 4.79 Å². The van der Waals surface area contributed by atoms with E-state index in [1.807, 2.05) is 17.9 Å². The first-order valence-electron chi connectivity index (χ1n) is 9.65. The molecule has 0 N–H and O–H groups in total. The molecule has 0 spiro atoms. The predicted octanol–water partition coefficient (Wildman–Crippen LogP) is 4.57. The second-order valence-corrected chi connectivity index (χ2v) is 9.80. The van der Waals surface area contributed by atoms with Gasteiger partial charge in [-0.15, -0.1) is 11.3 Å². The molecule has 0 radical (unpaired) electrons. The van der Waals surface area contributed by atoms with E-state index < -0.39 is 0 Å². The first-order valence-corrected chi connectivity index (χ1v) is 11.3. The third-order valence-electron chi connectivity index (χ3n) is 5.29. The van der Waals surface area contributed by atoms with Crippen molar-refractivity contribution in [1.82, 2.24) is 19.9 Å². The van der Waals surface area contributed by atoms with Crippen LogP contribution in [0.25, 0.3) is 22.6 Å². The molecule has 0 aliphatic carbocycles. The van der Waals surface area contributed by atoms with Crippen LogP contribution in [0.3, 0.4) is 0 Å². The van der Waals surface area contributed by atoms with Crippen LogP contribution in [0.2, 0.25) is 0 Å². The monoisotopic (exact) mass is 486 g/mol. The van der Waals surface area contributed by atoms with Crippen molar-refractivity contribution in [1.29, 1.82) is 0 Å². The van der Waals surface area contributed by atoms with Crippen molar-refractivity contribution < 1.29 is 13.7 Å². The quantitative estimate of drug-likeness (QED) is 0.420. The molecule has 9 heteroatoms. The molecule has 0 unspecified atom stereocenters. The highest BCUT2D eigenvalue weighted by atomic mass is 79.9. The van der Waals surface area contributed by atoms with Gasteiger partial charge in [-0.25, -0.2) is 4.98 Å². The molecule has 1 amide bonds. The fourth-order valence-electron chi connectivity index (χ4n) is 3.75. The standard InChI is InChI=1S/C21H19BrN4O3S/c1-13-19-15(11-16(17-3-2-10-28-17)23-20(19)29-24-13)21(27)26-8-6-25(7-9-26)12-14-4-5-18(22)30-14/h2-5,10-11H,6-9,12H2,1H3. The number of amides is 1. The Morgan fingerprint density at radius 2 is 2.07 bits per heavy atom. The molecule has 1 fully saturated rings. The van der Waals surface area contributed by atoms with Crippen LogP contribution in [0.1, 0.15) is 20.9 Å². The zero-order valence-electron chi connectivity index (χ0n) is 16.3. The van der Waals surface area contributed by atoms with Crippen LogP contribution in [-0.4, -0.2) is 52.0 Å². The van der Waals surface area contributed by atoms with E-state index in [-0.39, 0.29) is 5.91 Å². The van der Waals surface area contributed by atoms with Crippen LogP contribution < -0.4 is 0 Å². The lowest BCUT2D eigenvalue weighted by atomic mass is 10.1. The molecular weight excluding hydrogens is 468 g/mol. The average molecular weight is 487 g/mol. The molecule has 0 aromatic carbocycles. The minimum atomic E-state index is -0.0278. The van der Waals surface area contributed by atoms with E-state index in [0.717, 1.165) is 23.4 Å². The first kappa shape index (κ1) is 19.5. The minimum Gasteiger partial charge on any atom is -0.463 e. The van der Waals surface area contributed by atoms with Crippen molar-refractivity contribution in [2.24, 2.45) is 0 Å². The number of fused-ring (bicyclic) bond motifs is 1. The zero-order chi connectivity index (χ0) is 20.7. The summed E-state index contributed by atoms with van der Waals surface area (Å²) in [4.78, 5) is 23.5. The van der Waals surface area contributed by atoms with Gasteiger partial charge in [0.15, 0.2) is 5.76 Å². The number of hydrogen-bond acceptors (Lipinski definition) is 7. The van der Waals surface area contributed by atoms with Gasteiger partial charge in [0.1, 0.15) is 5.69 Å². The Kier molecular flexibility index (Phi) is 5.18. The number of halogens is 1. The molecule has 1 saturated heterocycles. The Labute approximate surface area is 185 Å². The Morgan fingerprint density at radius 1 is 1.23 bits per heavy atom. The van der Waals surface area contributed by atoms with Crippen molar-refractivity contribution in [3.05, 3.63) is 56.5 Å². The van der Waals surface area contributed by atoms with Gasteiger partial charge in [0, 0.05) is 37.6 Å². The fourth-order valence-corrected chi connectivity index (χ4v) is 5.28. The Morgan fingerprint density at radius 3 is 2.77 bits per heavy atom. The number of thiophene rings is 1. The summed E-state index contributed by atoms with van der Waals surface area (Å²) in [6.45, 7) is 5.76. The zero-order valence-corrected chi connectivity index (χ0v) is 18.7. The van der Waals surface area contributed by atoms with E-state index >= 15 is 0 Å². The number of furan rings is 1. The van der Waals surface area contributed by atoms with Gasteiger partial charge in [-0.3, -0.25) is 9.69 Å². The van der Waals surface area contributed by atoms with E-state index in [0.29, 0.717) is 46.9 Å². The summed E-state index contributed by atoms with van der Waals surface area (Å²) in [6.07, 6.45) is 1.58. The summed E-state index contributed by atoms with van der Waals surface area (Å²) < 4.78 is 12.0. The van der Waals surface area contributed by atoms with Gasteiger partial charge in [-0.2, -0.15) is 0 Å². The number of hydrogen-bond donors (Lipinski definition) is 0. The largest absolute Gasteiger partial charge is 0.463 e. The highest BCUT2D eigenvalue weighted by Crippen LogP contribution is 2.29. The number of aromatic nitrogens is 2. The molecule has 154 valence electrons. The smallest absolute Gasteiger partial charge is 0.259 e.